The number of likely N-dealkylation sites (N-methyl/N-ethyl adjacent to an activating group) is 1. The zero-order valence-electron chi connectivity index (χ0n) is 14.6. The quantitative estimate of drug-likeness (QED) is 0.912. The Morgan fingerprint density at radius 2 is 2.29 bits per heavy atom. The standard InChI is InChI=1S/C20H25N3O/c1-4-12(2)22-20(24)14-8-16-15-6-5-7-17-19(15)13(10-21-17)9-18(16)23(3)11-14/h5-8,10,12,14,18,21H,4,9,11H2,1-3H3,(H,22,24)/t12-,14?,18-/m1/s1. The van der Waals surface area contributed by atoms with Crippen LogP contribution in [0.3, 0.4) is 0 Å². The van der Waals surface area contributed by atoms with E-state index >= 15 is 0 Å². The maximum Gasteiger partial charge on any atom is 0.228 e. The third-order valence-corrected chi connectivity index (χ3v) is 5.61. The van der Waals surface area contributed by atoms with Crippen molar-refractivity contribution in [1.82, 2.24) is 15.2 Å². The smallest absolute Gasteiger partial charge is 0.228 e. The van der Waals surface area contributed by atoms with Gasteiger partial charge >= 0.3 is 0 Å². The fraction of sp³-hybridized carbons (Fsp3) is 0.450. The number of rotatable bonds is 3. The molecule has 4 nitrogen and oxygen atoms in total. The van der Waals surface area contributed by atoms with Gasteiger partial charge in [0.1, 0.15) is 0 Å². The number of amides is 1. The van der Waals surface area contributed by atoms with E-state index in [2.05, 4.69) is 66.6 Å². The minimum absolute atomic E-state index is 0.0778. The maximum absolute atomic E-state index is 12.6. The summed E-state index contributed by atoms with van der Waals surface area (Å²) in [5.74, 6) is 0.0696. The lowest BCUT2D eigenvalue weighted by molar-refractivity contribution is -0.124. The largest absolute Gasteiger partial charge is 0.361 e. The number of carbonyl (C=O) groups excluding carboxylic acids is 1. The minimum Gasteiger partial charge on any atom is -0.361 e. The molecule has 2 aliphatic rings. The minimum atomic E-state index is -0.0778. The molecule has 1 aliphatic heterocycles. The van der Waals surface area contributed by atoms with Gasteiger partial charge in [-0.25, -0.2) is 0 Å². The number of benzene rings is 1. The second-order valence-electron chi connectivity index (χ2n) is 7.25. The molecule has 4 heteroatoms. The molecule has 0 spiro atoms. The molecule has 2 aromatic rings. The molecule has 3 atom stereocenters. The number of H-pyrrole nitrogens is 1. The van der Waals surface area contributed by atoms with Crippen LogP contribution in [0.4, 0.5) is 0 Å². The number of nitrogens with zero attached hydrogens (tertiary/aromatic N) is 1. The van der Waals surface area contributed by atoms with Crippen LogP contribution < -0.4 is 5.32 Å². The molecule has 1 amide bonds. The fourth-order valence-electron chi connectivity index (χ4n) is 4.07. The van der Waals surface area contributed by atoms with Gasteiger partial charge in [-0.15, -0.1) is 0 Å². The first kappa shape index (κ1) is 15.5. The van der Waals surface area contributed by atoms with Crippen LogP contribution in [-0.2, 0) is 11.2 Å². The summed E-state index contributed by atoms with van der Waals surface area (Å²) in [6, 6.07) is 7.02. The van der Waals surface area contributed by atoms with E-state index in [4.69, 9.17) is 0 Å². The van der Waals surface area contributed by atoms with Gasteiger partial charge in [-0.2, -0.15) is 0 Å². The second-order valence-corrected chi connectivity index (χ2v) is 7.25. The lowest BCUT2D eigenvalue weighted by atomic mass is 9.80. The predicted octanol–water partition coefficient (Wildman–Crippen LogP) is 2.95. The van der Waals surface area contributed by atoms with E-state index in [0.717, 1.165) is 19.4 Å². The third-order valence-electron chi connectivity index (χ3n) is 5.61. The molecule has 1 aliphatic carbocycles. The van der Waals surface area contributed by atoms with E-state index in [0.29, 0.717) is 6.04 Å². The van der Waals surface area contributed by atoms with Crippen molar-refractivity contribution in [1.29, 1.82) is 0 Å². The zero-order valence-corrected chi connectivity index (χ0v) is 14.6. The summed E-state index contributed by atoms with van der Waals surface area (Å²) in [5, 5.41) is 4.47. The number of nitrogens with one attached hydrogen (secondary N) is 2. The average molecular weight is 323 g/mol. The SMILES string of the molecule is CC[C@@H](C)NC(=O)C1C=C2c3cccc4[nH]cc(c34)C[C@H]2N(C)C1. The van der Waals surface area contributed by atoms with Crippen LogP contribution in [0.25, 0.3) is 16.5 Å². The molecule has 0 radical (unpaired) electrons. The van der Waals surface area contributed by atoms with Crippen LogP contribution in [0, 0.1) is 5.92 Å². The van der Waals surface area contributed by atoms with E-state index in [1.807, 2.05) is 0 Å². The summed E-state index contributed by atoms with van der Waals surface area (Å²) in [5.41, 5.74) is 5.17. The van der Waals surface area contributed by atoms with Crippen LogP contribution in [0.5, 0.6) is 0 Å². The van der Waals surface area contributed by atoms with E-state index in [1.165, 1.54) is 27.6 Å². The number of carbonyl (C=O) groups is 1. The summed E-state index contributed by atoms with van der Waals surface area (Å²) in [7, 11) is 2.14. The van der Waals surface area contributed by atoms with Crippen LogP contribution in [-0.4, -0.2) is 41.5 Å². The van der Waals surface area contributed by atoms with Gasteiger partial charge in [0.05, 0.1) is 5.92 Å². The van der Waals surface area contributed by atoms with Crippen LogP contribution in [0.2, 0.25) is 0 Å². The van der Waals surface area contributed by atoms with Crippen molar-refractivity contribution in [3.05, 3.63) is 41.6 Å². The lowest BCUT2D eigenvalue weighted by Crippen LogP contribution is -2.47. The van der Waals surface area contributed by atoms with Gasteiger partial charge in [0.2, 0.25) is 5.91 Å². The van der Waals surface area contributed by atoms with Crippen molar-refractivity contribution in [2.45, 2.75) is 38.8 Å². The molecule has 4 rings (SSSR count). The summed E-state index contributed by atoms with van der Waals surface area (Å²) >= 11 is 0. The Balaban J connectivity index is 1.75. The predicted molar refractivity (Wildman–Crippen MR) is 97.8 cm³/mol. The van der Waals surface area contributed by atoms with E-state index in [-0.39, 0.29) is 17.9 Å². The average Bonchev–Trinajstić information content (AvgIpc) is 3.00. The molecular formula is C20H25N3O. The van der Waals surface area contributed by atoms with Crippen molar-refractivity contribution in [3.63, 3.8) is 0 Å². The molecule has 2 N–H and O–H groups in total. The molecular weight excluding hydrogens is 298 g/mol. The van der Waals surface area contributed by atoms with Gasteiger partial charge < -0.3 is 10.3 Å². The number of fused-ring (bicyclic) bond motifs is 2. The Hall–Kier alpha value is -2.07. The van der Waals surface area contributed by atoms with Crippen molar-refractivity contribution in [2.24, 2.45) is 5.92 Å². The molecule has 0 bridgehead atoms. The van der Waals surface area contributed by atoms with Crippen molar-refractivity contribution in [3.8, 4) is 0 Å². The Bertz CT molecular complexity index is 819. The highest BCUT2D eigenvalue weighted by atomic mass is 16.2. The first-order chi connectivity index (χ1) is 11.6. The zero-order chi connectivity index (χ0) is 16.8. The Morgan fingerprint density at radius 1 is 1.46 bits per heavy atom. The molecule has 0 saturated heterocycles. The molecule has 1 aromatic heterocycles. The Morgan fingerprint density at radius 3 is 3.08 bits per heavy atom. The van der Waals surface area contributed by atoms with Gasteiger partial charge in [-0.3, -0.25) is 9.69 Å². The number of hydrogen-bond donors (Lipinski definition) is 2. The highest BCUT2D eigenvalue weighted by Crippen LogP contribution is 2.40. The highest BCUT2D eigenvalue weighted by molar-refractivity contribution is 5.99. The third kappa shape index (κ3) is 2.37. The van der Waals surface area contributed by atoms with Crippen molar-refractivity contribution in [2.75, 3.05) is 13.6 Å². The van der Waals surface area contributed by atoms with Gasteiger partial charge in [0, 0.05) is 35.7 Å². The van der Waals surface area contributed by atoms with Gasteiger partial charge in [-0.05, 0) is 49.6 Å². The van der Waals surface area contributed by atoms with Crippen LogP contribution >= 0.6 is 0 Å². The normalized spacial score (nSPS) is 24.4. The summed E-state index contributed by atoms with van der Waals surface area (Å²) in [6.45, 7) is 4.95. The Kier molecular flexibility index (Phi) is 3.72. The second kappa shape index (κ2) is 5.78. The van der Waals surface area contributed by atoms with Gasteiger partial charge in [0.15, 0.2) is 0 Å². The monoisotopic (exact) mass is 323 g/mol. The summed E-state index contributed by atoms with van der Waals surface area (Å²) in [4.78, 5) is 18.4. The number of hydrogen-bond acceptors (Lipinski definition) is 2. The number of aromatic amines is 1. The summed E-state index contributed by atoms with van der Waals surface area (Å²) < 4.78 is 0. The number of aromatic nitrogens is 1. The first-order valence-corrected chi connectivity index (χ1v) is 8.90. The van der Waals surface area contributed by atoms with E-state index in [9.17, 15) is 4.79 Å². The topological polar surface area (TPSA) is 48.1 Å². The molecule has 24 heavy (non-hydrogen) atoms. The fourth-order valence-corrected chi connectivity index (χ4v) is 4.07. The van der Waals surface area contributed by atoms with Crippen molar-refractivity contribution >= 4 is 22.4 Å². The van der Waals surface area contributed by atoms with Crippen LogP contribution in [0.1, 0.15) is 31.4 Å². The summed E-state index contributed by atoms with van der Waals surface area (Å²) in [6.07, 6.45) is 6.33. The molecule has 0 saturated carbocycles. The molecule has 2 heterocycles. The highest BCUT2D eigenvalue weighted by Gasteiger charge is 2.35. The van der Waals surface area contributed by atoms with E-state index < -0.39 is 0 Å². The molecule has 1 unspecified atom stereocenters. The lowest BCUT2D eigenvalue weighted by Gasteiger charge is -2.39. The molecule has 1 aromatic carbocycles. The first-order valence-electron chi connectivity index (χ1n) is 8.90. The van der Waals surface area contributed by atoms with E-state index in [1.54, 1.807) is 0 Å². The molecule has 0 fully saturated rings. The van der Waals surface area contributed by atoms with Gasteiger partial charge in [0.25, 0.3) is 0 Å². The Labute approximate surface area is 142 Å². The van der Waals surface area contributed by atoms with Crippen LogP contribution in [0.15, 0.2) is 30.5 Å². The van der Waals surface area contributed by atoms with Crippen molar-refractivity contribution < 1.29 is 4.79 Å². The maximum atomic E-state index is 12.6. The molecule has 126 valence electrons. The van der Waals surface area contributed by atoms with Gasteiger partial charge in [-0.1, -0.05) is 25.1 Å².